The van der Waals surface area contributed by atoms with E-state index >= 15 is 0 Å². The van der Waals surface area contributed by atoms with Crippen LogP contribution in [0.5, 0.6) is 0 Å². The van der Waals surface area contributed by atoms with Crippen molar-refractivity contribution in [3.8, 4) is 0 Å². The van der Waals surface area contributed by atoms with E-state index < -0.39 is 34.3 Å². The SMILES string of the molecule is CCCCCC(O)(CCCCC)[C@@](O)(CCCCC)[C@@]1(CCCCC)OC(=O)C(O)=C1O. The number of cyclic esters (lactones) is 1. The first-order chi connectivity index (χ1) is 15.2. The van der Waals surface area contributed by atoms with Gasteiger partial charge in [-0.3, -0.25) is 0 Å². The van der Waals surface area contributed by atoms with Crippen LogP contribution in [0.25, 0.3) is 0 Å². The van der Waals surface area contributed by atoms with Gasteiger partial charge in [0.25, 0.3) is 0 Å². The van der Waals surface area contributed by atoms with Crippen LogP contribution in [0.1, 0.15) is 130 Å². The average Bonchev–Trinajstić information content (AvgIpc) is 2.99. The van der Waals surface area contributed by atoms with E-state index in [-0.39, 0.29) is 12.8 Å². The summed E-state index contributed by atoms with van der Waals surface area (Å²) in [5, 5.41) is 45.7. The van der Waals surface area contributed by atoms with Gasteiger partial charge in [0.2, 0.25) is 11.4 Å². The first kappa shape index (κ1) is 28.8. The molecule has 0 unspecified atom stereocenters. The van der Waals surface area contributed by atoms with Gasteiger partial charge in [0, 0.05) is 0 Å². The molecule has 6 nitrogen and oxygen atoms in total. The van der Waals surface area contributed by atoms with Crippen molar-refractivity contribution in [2.24, 2.45) is 0 Å². The lowest BCUT2D eigenvalue weighted by atomic mass is 9.62. The van der Waals surface area contributed by atoms with E-state index in [4.69, 9.17) is 4.74 Å². The van der Waals surface area contributed by atoms with Crippen molar-refractivity contribution >= 4 is 5.97 Å². The third kappa shape index (κ3) is 6.19. The molecule has 0 spiro atoms. The van der Waals surface area contributed by atoms with Gasteiger partial charge in [-0.1, -0.05) is 98.3 Å². The van der Waals surface area contributed by atoms with Gasteiger partial charge < -0.3 is 25.2 Å². The van der Waals surface area contributed by atoms with Crippen LogP contribution >= 0.6 is 0 Å². The Hall–Kier alpha value is -1.27. The topological polar surface area (TPSA) is 107 Å². The van der Waals surface area contributed by atoms with Gasteiger partial charge in [0.05, 0.1) is 5.60 Å². The number of carbonyl (C=O) groups is 1. The molecule has 0 saturated heterocycles. The Balaban J connectivity index is 3.56. The number of carbonyl (C=O) groups excluding carboxylic acids is 1. The zero-order valence-corrected chi connectivity index (χ0v) is 20.9. The summed E-state index contributed by atoms with van der Waals surface area (Å²) < 4.78 is 5.65. The van der Waals surface area contributed by atoms with Gasteiger partial charge in [-0.2, -0.15) is 0 Å². The van der Waals surface area contributed by atoms with E-state index in [1.165, 1.54) is 0 Å². The minimum absolute atomic E-state index is 0.162. The standard InChI is InChI=1S/C26H48O6/c1-5-9-13-17-24(30,18-14-10-6-2)26(31,20-16-12-8-4)25(19-15-11-7-3)22(28)21(27)23(29)32-25/h27-28,30-31H,5-20H2,1-4H3/t25-,26-/m0/s1. The molecule has 6 heteroatoms. The molecule has 1 aliphatic rings. The van der Waals surface area contributed by atoms with Gasteiger partial charge in [0.1, 0.15) is 5.60 Å². The smallest absolute Gasteiger partial charge is 0.378 e. The molecule has 1 aliphatic heterocycles. The Bertz CT molecular complexity index is 591. The molecule has 0 bridgehead atoms. The van der Waals surface area contributed by atoms with E-state index in [1.807, 2.05) is 6.92 Å². The number of aliphatic hydroxyl groups excluding tert-OH is 2. The zero-order chi connectivity index (χ0) is 24.3. The highest BCUT2D eigenvalue weighted by molar-refractivity contribution is 5.90. The summed E-state index contributed by atoms with van der Waals surface area (Å²) in [5.41, 5.74) is -5.27. The molecule has 1 heterocycles. The first-order valence-corrected chi connectivity index (χ1v) is 13.0. The molecule has 1 rings (SSSR count). The molecule has 0 radical (unpaired) electrons. The van der Waals surface area contributed by atoms with Crippen molar-refractivity contribution in [2.75, 3.05) is 0 Å². The molecule has 0 saturated carbocycles. The van der Waals surface area contributed by atoms with E-state index in [0.717, 1.165) is 64.2 Å². The maximum Gasteiger partial charge on any atom is 0.378 e. The van der Waals surface area contributed by atoms with E-state index in [2.05, 4.69) is 20.8 Å². The number of rotatable bonds is 18. The summed E-state index contributed by atoms with van der Waals surface area (Å²) in [4.78, 5) is 12.4. The lowest BCUT2D eigenvalue weighted by Gasteiger charge is -2.53. The minimum Gasteiger partial charge on any atom is -0.505 e. The van der Waals surface area contributed by atoms with Crippen molar-refractivity contribution < 1.29 is 30.0 Å². The van der Waals surface area contributed by atoms with Crippen LogP contribution < -0.4 is 0 Å². The van der Waals surface area contributed by atoms with Crippen molar-refractivity contribution in [1.29, 1.82) is 0 Å². The fraction of sp³-hybridized carbons (Fsp3) is 0.885. The Morgan fingerprint density at radius 3 is 1.56 bits per heavy atom. The predicted octanol–water partition coefficient (Wildman–Crippen LogP) is 6.39. The van der Waals surface area contributed by atoms with Crippen LogP contribution in [-0.4, -0.2) is 43.2 Å². The van der Waals surface area contributed by atoms with Crippen molar-refractivity contribution in [3.05, 3.63) is 11.5 Å². The van der Waals surface area contributed by atoms with E-state index in [0.29, 0.717) is 25.7 Å². The Morgan fingerprint density at radius 1 is 0.719 bits per heavy atom. The fourth-order valence-electron chi connectivity index (χ4n) is 5.14. The summed E-state index contributed by atoms with van der Waals surface area (Å²) in [6, 6.07) is 0. The monoisotopic (exact) mass is 456 g/mol. The van der Waals surface area contributed by atoms with Crippen LogP contribution in [0.2, 0.25) is 0 Å². The largest absolute Gasteiger partial charge is 0.505 e. The lowest BCUT2D eigenvalue weighted by Crippen LogP contribution is -2.68. The highest BCUT2D eigenvalue weighted by atomic mass is 16.6. The first-order valence-electron chi connectivity index (χ1n) is 13.0. The second kappa shape index (κ2) is 13.4. The van der Waals surface area contributed by atoms with Crippen LogP contribution in [0.3, 0.4) is 0 Å². The fourth-order valence-corrected chi connectivity index (χ4v) is 5.14. The molecule has 32 heavy (non-hydrogen) atoms. The molecule has 4 N–H and O–H groups in total. The summed E-state index contributed by atoms with van der Waals surface area (Å²) in [5.74, 6) is -2.50. The quantitative estimate of drug-likeness (QED) is 0.141. The second-order valence-corrected chi connectivity index (χ2v) is 9.63. The van der Waals surface area contributed by atoms with Gasteiger partial charge in [-0.15, -0.1) is 0 Å². The molecule has 2 atom stereocenters. The number of hydrogen-bond acceptors (Lipinski definition) is 6. The average molecular weight is 457 g/mol. The second-order valence-electron chi connectivity index (χ2n) is 9.63. The normalized spacial score (nSPS) is 21.1. The highest BCUT2D eigenvalue weighted by Crippen LogP contribution is 2.52. The summed E-state index contributed by atoms with van der Waals surface area (Å²) in [7, 11) is 0. The number of esters is 1. The number of hydrogen-bond donors (Lipinski definition) is 4. The van der Waals surface area contributed by atoms with Gasteiger partial charge >= 0.3 is 5.97 Å². The third-order valence-electron chi connectivity index (χ3n) is 7.17. The van der Waals surface area contributed by atoms with Crippen LogP contribution in [-0.2, 0) is 9.53 Å². The van der Waals surface area contributed by atoms with Gasteiger partial charge in [-0.25, -0.2) is 4.79 Å². The molecule has 0 aromatic heterocycles. The molecule has 188 valence electrons. The molecular weight excluding hydrogens is 408 g/mol. The van der Waals surface area contributed by atoms with Crippen LogP contribution in [0.15, 0.2) is 11.5 Å². The number of ether oxygens (including phenoxy) is 1. The highest BCUT2D eigenvalue weighted by Gasteiger charge is 2.68. The molecule has 0 aromatic rings. The Kier molecular flexibility index (Phi) is 12.1. The summed E-state index contributed by atoms with van der Waals surface area (Å²) in [6.45, 7) is 8.27. The lowest BCUT2D eigenvalue weighted by molar-refractivity contribution is -0.256. The molecule has 0 aromatic carbocycles. The van der Waals surface area contributed by atoms with Crippen LogP contribution in [0, 0.1) is 0 Å². The van der Waals surface area contributed by atoms with E-state index in [1.54, 1.807) is 0 Å². The van der Waals surface area contributed by atoms with Crippen molar-refractivity contribution in [1.82, 2.24) is 0 Å². The number of unbranched alkanes of at least 4 members (excludes halogenated alkanes) is 8. The maximum absolute atomic E-state index is 12.4. The zero-order valence-electron chi connectivity index (χ0n) is 20.9. The third-order valence-corrected chi connectivity index (χ3v) is 7.17. The molecular formula is C26H48O6. The number of aliphatic hydroxyl groups is 4. The molecule has 0 amide bonds. The van der Waals surface area contributed by atoms with Crippen molar-refractivity contribution in [2.45, 2.75) is 147 Å². The van der Waals surface area contributed by atoms with Gasteiger partial charge in [0.15, 0.2) is 5.76 Å². The van der Waals surface area contributed by atoms with Crippen LogP contribution in [0.4, 0.5) is 0 Å². The maximum atomic E-state index is 12.4. The molecule has 0 fully saturated rings. The van der Waals surface area contributed by atoms with Gasteiger partial charge in [-0.05, 0) is 32.1 Å². The summed E-state index contributed by atoms with van der Waals surface area (Å²) in [6.07, 6.45) is 11.0. The van der Waals surface area contributed by atoms with Crippen molar-refractivity contribution in [3.63, 3.8) is 0 Å². The Labute approximate surface area is 195 Å². The summed E-state index contributed by atoms with van der Waals surface area (Å²) >= 11 is 0. The predicted molar refractivity (Wildman–Crippen MR) is 128 cm³/mol. The Morgan fingerprint density at radius 2 is 1.16 bits per heavy atom. The molecule has 0 aliphatic carbocycles. The van der Waals surface area contributed by atoms with E-state index in [9.17, 15) is 25.2 Å². The minimum atomic E-state index is -1.89.